The van der Waals surface area contributed by atoms with Gasteiger partial charge >= 0.3 is 29.7 Å². The number of aliphatic hydroxyl groups is 1. The summed E-state index contributed by atoms with van der Waals surface area (Å²) >= 11 is 0. The van der Waals surface area contributed by atoms with E-state index in [0.29, 0.717) is 0 Å². The molecule has 2 N–H and O–H groups in total. The Morgan fingerprint density at radius 2 is 1.53 bits per heavy atom. The summed E-state index contributed by atoms with van der Waals surface area (Å²) < 4.78 is 143. The van der Waals surface area contributed by atoms with Crippen LogP contribution in [-0.4, -0.2) is 44.4 Å². The first-order valence-corrected chi connectivity index (χ1v) is 7.78. The van der Waals surface area contributed by atoms with Gasteiger partial charge in [-0.1, -0.05) is 5.69 Å². The Morgan fingerprint density at radius 1 is 1.03 bits per heavy atom. The molecule has 1 aliphatic carbocycles. The van der Waals surface area contributed by atoms with E-state index in [0.717, 1.165) is 0 Å². The molecule has 0 saturated heterocycles. The van der Waals surface area contributed by atoms with Gasteiger partial charge in [0, 0.05) is 31.9 Å². The smallest absolute Gasteiger partial charge is 0.415 e. The number of hydrogen-bond acceptors (Lipinski definition) is 2. The number of rotatable bonds is 2. The van der Waals surface area contributed by atoms with Gasteiger partial charge in [-0.2, -0.15) is 45.6 Å². The number of carbonyl (C=O) groups excluding carboxylic acids is 1. The van der Waals surface area contributed by atoms with E-state index in [2.05, 4.69) is 4.98 Å². The number of ketones is 1. The van der Waals surface area contributed by atoms with E-state index in [1.807, 2.05) is 0 Å². The number of hydrogen-bond donors (Lipinski definition) is 1. The molecule has 1 radical (unpaired) electrons. The molecule has 0 saturated carbocycles. The number of halogens is 11. The summed E-state index contributed by atoms with van der Waals surface area (Å²) in [6, 6.07) is 0.00177. The Bertz CT molecular complexity index is 904. The zero-order chi connectivity index (χ0) is 24.6. The molecule has 0 spiro atoms. The van der Waals surface area contributed by atoms with E-state index in [-0.39, 0.29) is 56.1 Å². The normalized spacial score (nSPS) is 20.8. The molecule has 0 fully saturated rings. The minimum Gasteiger partial charge on any atom is -0.512 e. The van der Waals surface area contributed by atoms with Gasteiger partial charge in [-0.05, 0) is 13.0 Å². The maximum Gasteiger partial charge on any atom is 0.415 e. The second-order valence-electron chi connectivity index (χ2n) is 6.15. The van der Waals surface area contributed by atoms with E-state index in [9.17, 15) is 48.3 Å². The fourth-order valence-corrected chi connectivity index (χ4v) is 2.14. The third-order valence-electron chi connectivity index (χ3n) is 3.54. The van der Waals surface area contributed by atoms with Crippen LogP contribution in [0.1, 0.15) is 25.1 Å². The van der Waals surface area contributed by atoms with Crippen LogP contribution in [0.3, 0.4) is 0 Å². The Labute approximate surface area is 186 Å². The monoisotopic (exact) mass is 664 g/mol. The molecule has 0 aromatic carbocycles. The predicted molar refractivity (Wildman–Crippen MR) is 84.7 cm³/mol. The largest absolute Gasteiger partial charge is 0.512 e. The summed E-state index contributed by atoms with van der Waals surface area (Å²) in [5.74, 6) is -24.6. The van der Waals surface area contributed by atoms with Crippen molar-refractivity contribution in [1.29, 1.82) is 0 Å². The van der Waals surface area contributed by atoms with Gasteiger partial charge < -0.3 is 10.1 Å². The minimum atomic E-state index is -6.58. The van der Waals surface area contributed by atoms with Crippen molar-refractivity contribution < 1.29 is 78.3 Å². The molecule has 183 valence electrons. The van der Waals surface area contributed by atoms with Crippen molar-refractivity contribution in [2.75, 3.05) is 0 Å². The van der Waals surface area contributed by atoms with Crippen LogP contribution in [0.2, 0.25) is 0 Å². The number of allylic oxidation sites excluding steroid dienone is 4. The molecule has 0 bridgehead atoms. The third kappa shape index (κ3) is 5.66. The SMILES string of the molecule is CC(=[OH+])/C=C(/C)O.FC(F)(F)c1ccnc(C2=[C-]C(F)(F)C(F)(F)C(F)(F)C2(F)F)c1.[Ir]. The van der Waals surface area contributed by atoms with Crippen molar-refractivity contribution in [3.8, 4) is 0 Å². The first-order chi connectivity index (χ1) is 13.7. The molecule has 3 nitrogen and oxygen atoms in total. The number of aliphatic hydroxyl groups excluding tert-OH is 1. The molecule has 0 atom stereocenters. The third-order valence-corrected chi connectivity index (χ3v) is 3.54. The van der Waals surface area contributed by atoms with Crippen LogP contribution in [0.5, 0.6) is 0 Å². The van der Waals surface area contributed by atoms with Crippen molar-refractivity contribution in [3.63, 3.8) is 0 Å². The average molecular weight is 663 g/mol. The summed E-state index contributed by atoms with van der Waals surface area (Å²) in [6.07, 6.45) is -3.44. The van der Waals surface area contributed by atoms with Crippen molar-refractivity contribution >= 4 is 11.4 Å². The van der Waals surface area contributed by atoms with E-state index in [1.165, 1.54) is 19.9 Å². The van der Waals surface area contributed by atoms with Crippen molar-refractivity contribution in [1.82, 2.24) is 4.98 Å². The Kier molecular flexibility index (Phi) is 8.86. The quantitative estimate of drug-likeness (QED) is 0.142. The van der Waals surface area contributed by atoms with Crippen LogP contribution >= 0.6 is 0 Å². The Hall–Kier alpha value is -2.02. The Morgan fingerprint density at radius 3 is 1.91 bits per heavy atom. The van der Waals surface area contributed by atoms with Crippen molar-refractivity contribution in [3.05, 3.63) is 47.5 Å². The molecule has 0 unspecified atom stereocenters. The van der Waals surface area contributed by atoms with Gasteiger partial charge in [-0.25, -0.2) is 8.78 Å². The topological polar surface area (TPSA) is 54.5 Å². The molecule has 1 aliphatic rings. The molecule has 1 heterocycles. The fraction of sp³-hybridized carbons (Fsp3) is 0.412. The van der Waals surface area contributed by atoms with Crippen LogP contribution in [-0.2, 0) is 26.3 Å². The summed E-state index contributed by atoms with van der Waals surface area (Å²) in [6.45, 7) is 3.00. The fourth-order valence-electron chi connectivity index (χ4n) is 2.14. The van der Waals surface area contributed by atoms with Gasteiger partial charge in [0.15, 0.2) is 0 Å². The van der Waals surface area contributed by atoms with E-state index >= 15 is 0 Å². The first-order valence-electron chi connectivity index (χ1n) is 7.78. The van der Waals surface area contributed by atoms with Gasteiger partial charge in [0.25, 0.3) is 5.92 Å². The van der Waals surface area contributed by atoms with Crippen LogP contribution in [0.15, 0.2) is 30.2 Å². The molecule has 1 aromatic rings. The van der Waals surface area contributed by atoms with Crippen LogP contribution in [0.25, 0.3) is 5.57 Å². The van der Waals surface area contributed by atoms with Crippen LogP contribution in [0, 0.1) is 6.08 Å². The zero-order valence-electron chi connectivity index (χ0n) is 15.6. The average Bonchev–Trinajstić information content (AvgIpc) is 2.57. The number of alkyl halides is 11. The Balaban J connectivity index is 0.00000104. The van der Waals surface area contributed by atoms with Gasteiger partial charge in [-0.15, -0.1) is 11.6 Å². The maximum absolute atomic E-state index is 13.6. The summed E-state index contributed by atoms with van der Waals surface area (Å²) in [5.41, 5.74) is -5.90. The van der Waals surface area contributed by atoms with E-state index in [1.54, 1.807) is 0 Å². The van der Waals surface area contributed by atoms with Gasteiger partial charge in [0.1, 0.15) is 0 Å². The molecule has 0 aliphatic heterocycles. The first kappa shape index (κ1) is 30.0. The van der Waals surface area contributed by atoms with Gasteiger partial charge in [0.05, 0.1) is 18.8 Å². The van der Waals surface area contributed by atoms with Crippen molar-refractivity contribution in [2.24, 2.45) is 0 Å². The molecule has 15 heteroatoms. The molecular weight excluding hydrogens is 651 g/mol. The summed E-state index contributed by atoms with van der Waals surface area (Å²) in [7, 11) is 0. The van der Waals surface area contributed by atoms with Gasteiger partial charge in [-0.3, -0.25) is 4.79 Å². The number of aromatic nitrogens is 1. The van der Waals surface area contributed by atoms with Crippen molar-refractivity contribution in [2.45, 2.75) is 43.7 Å². The number of pyridine rings is 1. The molecule has 2 rings (SSSR count). The molecular formula is C17H12F11IrNO2. The summed E-state index contributed by atoms with van der Waals surface area (Å²) in [5, 5.41) is 8.40. The number of nitrogens with zero attached hydrogens (tertiary/aromatic N) is 1. The van der Waals surface area contributed by atoms with Crippen LogP contribution in [0.4, 0.5) is 48.3 Å². The van der Waals surface area contributed by atoms with Gasteiger partial charge in [0.2, 0.25) is 0 Å². The molecule has 0 amide bonds. The van der Waals surface area contributed by atoms with Crippen LogP contribution < -0.4 is 0 Å². The summed E-state index contributed by atoms with van der Waals surface area (Å²) in [4.78, 5) is 11.3. The second kappa shape index (κ2) is 9.46. The van der Waals surface area contributed by atoms with E-state index in [4.69, 9.17) is 9.90 Å². The van der Waals surface area contributed by atoms with E-state index < -0.39 is 46.7 Å². The second-order valence-corrected chi connectivity index (χ2v) is 6.15. The molecule has 1 aromatic heterocycles. The minimum absolute atomic E-state index is 0. The predicted octanol–water partition coefficient (Wildman–Crippen LogP) is 5.85. The molecule has 32 heavy (non-hydrogen) atoms. The zero-order valence-corrected chi connectivity index (χ0v) is 18.0. The standard InChI is InChI=1S/C12H3F11N.C5H8O2.Ir/c13-8(14)4-6(9(15,16)12(22,23)11(8,20)21)7-3-5(1-2-24-7)10(17,18)19;1-4(6)3-5(2)7;/h1-3H;3,6H,1-2H3;/q-1;;/p+1/b;4-3-;. The maximum atomic E-state index is 13.6.